The lowest BCUT2D eigenvalue weighted by atomic mass is 10.2. The summed E-state index contributed by atoms with van der Waals surface area (Å²) in [4.78, 5) is 11.2. The van der Waals surface area contributed by atoms with E-state index in [1.165, 1.54) is 0 Å². The molecule has 3 heterocycles. The SMILES string of the molecule is CC(C)n1ccnc1CN1CCOC(c2cccc(N)n2)C1. The van der Waals surface area contributed by atoms with E-state index in [0.29, 0.717) is 18.5 Å². The topological polar surface area (TPSA) is 69.2 Å². The Morgan fingerprint density at radius 2 is 2.27 bits per heavy atom. The number of imidazole rings is 1. The van der Waals surface area contributed by atoms with Crippen molar-refractivity contribution in [1.29, 1.82) is 0 Å². The number of nitrogens with zero attached hydrogens (tertiary/aromatic N) is 4. The number of hydrogen-bond acceptors (Lipinski definition) is 5. The van der Waals surface area contributed by atoms with Crippen LogP contribution in [0.1, 0.15) is 37.5 Å². The molecule has 6 heteroatoms. The molecular formula is C16H23N5O. The zero-order chi connectivity index (χ0) is 15.5. The van der Waals surface area contributed by atoms with E-state index in [1.807, 2.05) is 24.5 Å². The zero-order valence-electron chi connectivity index (χ0n) is 13.1. The van der Waals surface area contributed by atoms with Crippen LogP contribution in [0.4, 0.5) is 5.82 Å². The molecule has 1 aliphatic heterocycles. The second-order valence-corrected chi connectivity index (χ2v) is 5.93. The molecule has 6 nitrogen and oxygen atoms in total. The van der Waals surface area contributed by atoms with Gasteiger partial charge in [0.2, 0.25) is 0 Å². The molecular weight excluding hydrogens is 278 g/mol. The molecule has 0 saturated carbocycles. The number of anilines is 1. The Bertz CT molecular complexity index is 625. The molecule has 0 amide bonds. The lowest BCUT2D eigenvalue weighted by Gasteiger charge is -2.32. The zero-order valence-corrected chi connectivity index (χ0v) is 13.1. The van der Waals surface area contributed by atoms with Crippen LogP contribution in [0.2, 0.25) is 0 Å². The molecule has 1 saturated heterocycles. The number of nitrogens with two attached hydrogens (primary N) is 1. The van der Waals surface area contributed by atoms with Gasteiger partial charge in [-0.2, -0.15) is 0 Å². The van der Waals surface area contributed by atoms with E-state index in [0.717, 1.165) is 31.2 Å². The first-order valence-electron chi connectivity index (χ1n) is 7.71. The lowest BCUT2D eigenvalue weighted by Crippen LogP contribution is -2.38. The van der Waals surface area contributed by atoms with Gasteiger partial charge >= 0.3 is 0 Å². The standard InChI is InChI=1S/C16H23N5O/c1-12(2)21-7-6-18-16(21)11-20-8-9-22-14(10-20)13-4-3-5-15(17)19-13/h3-7,12,14H,8-11H2,1-2H3,(H2,17,19). The number of ether oxygens (including phenoxy) is 1. The van der Waals surface area contributed by atoms with E-state index >= 15 is 0 Å². The molecule has 1 unspecified atom stereocenters. The van der Waals surface area contributed by atoms with Crippen LogP contribution in [-0.4, -0.2) is 39.1 Å². The largest absolute Gasteiger partial charge is 0.384 e. The minimum absolute atomic E-state index is 0.0280. The molecule has 1 atom stereocenters. The van der Waals surface area contributed by atoms with Gasteiger partial charge in [-0.1, -0.05) is 6.07 Å². The maximum absolute atomic E-state index is 5.86. The molecule has 118 valence electrons. The number of pyridine rings is 1. The monoisotopic (exact) mass is 301 g/mol. The third kappa shape index (κ3) is 3.28. The number of hydrogen-bond donors (Lipinski definition) is 1. The van der Waals surface area contributed by atoms with E-state index < -0.39 is 0 Å². The van der Waals surface area contributed by atoms with Crippen LogP contribution >= 0.6 is 0 Å². The number of aromatic nitrogens is 3. The Balaban J connectivity index is 1.69. The van der Waals surface area contributed by atoms with Gasteiger partial charge in [0.25, 0.3) is 0 Å². The summed E-state index contributed by atoms with van der Waals surface area (Å²) in [5.74, 6) is 1.63. The minimum atomic E-state index is -0.0280. The molecule has 22 heavy (non-hydrogen) atoms. The van der Waals surface area contributed by atoms with Crippen LogP contribution < -0.4 is 5.73 Å². The van der Waals surface area contributed by atoms with Crippen LogP contribution in [0, 0.1) is 0 Å². The van der Waals surface area contributed by atoms with Crippen molar-refractivity contribution >= 4 is 5.82 Å². The van der Waals surface area contributed by atoms with E-state index in [9.17, 15) is 0 Å². The molecule has 2 aromatic heterocycles. The summed E-state index contributed by atoms with van der Waals surface area (Å²) in [6.45, 7) is 7.58. The third-order valence-corrected chi connectivity index (χ3v) is 3.94. The van der Waals surface area contributed by atoms with Gasteiger partial charge in [-0.15, -0.1) is 0 Å². The molecule has 1 fully saturated rings. The molecule has 0 aromatic carbocycles. The van der Waals surface area contributed by atoms with Crippen molar-refractivity contribution in [3.8, 4) is 0 Å². The molecule has 0 radical (unpaired) electrons. The van der Waals surface area contributed by atoms with Gasteiger partial charge in [0.1, 0.15) is 17.7 Å². The molecule has 0 bridgehead atoms. The Morgan fingerprint density at radius 1 is 1.41 bits per heavy atom. The van der Waals surface area contributed by atoms with Crippen LogP contribution in [0.3, 0.4) is 0 Å². The summed E-state index contributed by atoms with van der Waals surface area (Å²) in [6.07, 6.45) is 3.88. The summed E-state index contributed by atoms with van der Waals surface area (Å²) in [6, 6.07) is 6.11. The third-order valence-electron chi connectivity index (χ3n) is 3.94. The second-order valence-electron chi connectivity index (χ2n) is 5.93. The van der Waals surface area contributed by atoms with Crippen molar-refractivity contribution in [2.24, 2.45) is 0 Å². The predicted molar refractivity (Wildman–Crippen MR) is 85.2 cm³/mol. The van der Waals surface area contributed by atoms with Crippen LogP contribution in [0.15, 0.2) is 30.6 Å². The maximum atomic E-state index is 5.86. The fourth-order valence-corrected chi connectivity index (χ4v) is 2.81. The summed E-state index contributed by atoms with van der Waals surface area (Å²) in [5.41, 5.74) is 6.67. The van der Waals surface area contributed by atoms with Gasteiger partial charge in [-0.25, -0.2) is 9.97 Å². The average molecular weight is 301 g/mol. The maximum Gasteiger partial charge on any atom is 0.123 e. The fraction of sp³-hybridized carbons (Fsp3) is 0.500. The first kappa shape index (κ1) is 15.0. The molecule has 2 N–H and O–H groups in total. The Morgan fingerprint density at radius 3 is 3.05 bits per heavy atom. The van der Waals surface area contributed by atoms with E-state index in [4.69, 9.17) is 10.5 Å². The number of nitrogen functional groups attached to an aromatic ring is 1. The van der Waals surface area contributed by atoms with Gasteiger partial charge in [-0.05, 0) is 26.0 Å². The van der Waals surface area contributed by atoms with E-state index in [1.54, 1.807) is 6.07 Å². The summed E-state index contributed by atoms with van der Waals surface area (Å²) < 4.78 is 8.07. The predicted octanol–water partition coefficient (Wildman–Crippen LogP) is 2.01. The van der Waals surface area contributed by atoms with Crippen molar-refractivity contribution < 1.29 is 4.74 Å². The van der Waals surface area contributed by atoms with Gasteiger partial charge in [0.15, 0.2) is 0 Å². The first-order chi connectivity index (χ1) is 10.6. The Labute approximate surface area is 130 Å². The van der Waals surface area contributed by atoms with Crippen molar-refractivity contribution in [2.45, 2.75) is 32.5 Å². The average Bonchev–Trinajstić information content (AvgIpc) is 2.96. The van der Waals surface area contributed by atoms with E-state index in [2.05, 4.69) is 33.3 Å². The fourth-order valence-electron chi connectivity index (χ4n) is 2.81. The number of rotatable bonds is 4. The summed E-state index contributed by atoms with van der Waals surface area (Å²) in [5, 5.41) is 0. The number of morpholine rings is 1. The van der Waals surface area contributed by atoms with Gasteiger partial charge in [0.05, 0.1) is 18.8 Å². The van der Waals surface area contributed by atoms with Gasteiger partial charge in [-0.3, -0.25) is 4.90 Å². The smallest absolute Gasteiger partial charge is 0.123 e. The normalized spacial score (nSPS) is 19.7. The minimum Gasteiger partial charge on any atom is -0.384 e. The van der Waals surface area contributed by atoms with Crippen molar-refractivity contribution in [3.05, 3.63) is 42.1 Å². The molecule has 2 aromatic rings. The second kappa shape index (κ2) is 6.46. The molecule has 1 aliphatic rings. The van der Waals surface area contributed by atoms with Crippen molar-refractivity contribution in [3.63, 3.8) is 0 Å². The highest BCUT2D eigenvalue weighted by molar-refractivity contribution is 5.29. The van der Waals surface area contributed by atoms with Crippen LogP contribution in [-0.2, 0) is 11.3 Å². The molecule has 0 spiro atoms. The van der Waals surface area contributed by atoms with Gasteiger partial charge < -0.3 is 15.0 Å². The quantitative estimate of drug-likeness (QED) is 0.935. The highest BCUT2D eigenvalue weighted by atomic mass is 16.5. The Hall–Kier alpha value is -1.92. The van der Waals surface area contributed by atoms with Gasteiger partial charge in [0, 0.05) is 31.5 Å². The van der Waals surface area contributed by atoms with Crippen LogP contribution in [0.5, 0.6) is 0 Å². The van der Waals surface area contributed by atoms with Crippen molar-refractivity contribution in [2.75, 3.05) is 25.4 Å². The Kier molecular flexibility index (Phi) is 4.40. The van der Waals surface area contributed by atoms with Crippen LogP contribution in [0.25, 0.3) is 0 Å². The highest BCUT2D eigenvalue weighted by Gasteiger charge is 2.24. The first-order valence-corrected chi connectivity index (χ1v) is 7.71. The summed E-state index contributed by atoms with van der Waals surface area (Å²) >= 11 is 0. The van der Waals surface area contributed by atoms with E-state index in [-0.39, 0.29) is 6.10 Å². The summed E-state index contributed by atoms with van der Waals surface area (Å²) in [7, 11) is 0. The lowest BCUT2D eigenvalue weighted by molar-refractivity contribution is -0.0360. The highest BCUT2D eigenvalue weighted by Crippen LogP contribution is 2.22. The van der Waals surface area contributed by atoms with Crippen molar-refractivity contribution in [1.82, 2.24) is 19.4 Å². The molecule has 0 aliphatic carbocycles. The molecule has 3 rings (SSSR count).